The predicted molar refractivity (Wildman–Crippen MR) is 122 cm³/mol. The predicted octanol–water partition coefficient (Wildman–Crippen LogP) is 6.39. The van der Waals surface area contributed by atoms with E-state index in [1.54, 1.807) is 10.5 Å². The van der Waals surface area contributed by atoms with Crippen LogP contribution in [0.5, 0.6) is 0 Å². The van der Waals surface area contributed by atoms with Gasteiger partial charge in [0.1, 0.15) is 0 Å². The van der Waals surface area contributed by atoms with Gasteiger partial charge in [0, 0.05) is 22.8 Å². The van der Waals surface area contributed by atoms with Gasteiger partial charge in [-0.15, -0.1) is 11.8 Å². The molecular weight excluding hydrogens is 358 g/mol. The van der Waals surface area contributed by atoms with E-state index in [1.165, 1.54) is 29.7 Å². The first-order valence-electron chi connectivity index (χ1n) is 10.7. The van der Waals surface area contributed by atoms with Crippen LogP contribution in [-0.4, -0.2) is 11.3 Å². The number of nitrogens with one attached hydrogen (secondary N) is 1. The molecule has 2 heteroatoms. The van der Waals surface area contributed by atoms with Gasteiger partial charge in [-0.2, -0.15) is 0 Å². The quantitative estimate of drug-likeness (QED) is 0.602. The fourth-order valence-corrected chi connectivity index (χ4v) is 6.67. The Bertz CT molecular complexity index is 903. The van der Waals surface area contributed by atoms with Crippen molar-refractivity contribution in [2.24, 2.45) is 17.8 Å². The van der Waals surface area contributed by atoms with Crippen LogP contribution < -0.4 is 5.32 Å². The van der Waals surface area contributed by atoms with Gasteiger partial charge in [-0.25, -0.2) is 0 Å². The zero-order valence-electron chi connectivity index (χ0n) is 16.8. The van der Waals surface area contributed by atoms with E-state index in [2.05, 4.69) is 97.8 Å². The van der Waals surface area contributed by atoms with Gasteiger partial charge in [-0.05, 0) is 52.9 Å². The molecule has 3 aliphatic carbocycles. The second-order valence-corrected chi connectivity index (χ2v) is 9.86. The Labute approximate surface area is 173 Å². The van der Waals surface area contributed by atoms with Crippen molar-refractivity contribution >= 4 is 11.8 Å². The summed E-state index contributed by atoms with van der Waals surface area (Å²) in [6, 6.07) is 0.389. The molecule has 0 saturated carbocycles. The summed E-state index contributed by atoms with van der Waals surface area (Å²) in [4.78, 5) is 1.61. The summed E-state index contributed by atoms with van der Waals surface area (Å²) < 4.78 is 0. The first-order chi connectivity index (χ1) is 13.7. The topological polar surface area (TPSA) is 12.0 Å². The van der Waals surface area contributed by atoms with Crippen LogP contribution in [-0.2, 0) is 0 Å². The van der Waals surface area contributed by atoms with Crippen molar-refractivity contribution in [3.05, 3.63) is 94.2 Å². The number of hydrogen-bond donors (Lipinski definition) is 1. The third-order valence-corrected chi connectivity index (χ3v) is 8.07. The Kier molecular flexibility index (Phi) is 4.84. The lowest BCUT2D eigenvalue weighted by Crippen LogP contribution is -2.41. The number of allylic oxidation sites excluding steroid dienone is 13. The average Bonchev–Trinajstić information content (AvgIpc) is 3.13. The van der Waals surface area contributed by atoms with Gasteiger partial charge >= 0.3 is 0 Å². The van der Waals surface area contributed by atoms with E-state index >= 15 is 0 Å². The average molecular weight is 388 g/mol. The normalized spacial score (nSPS) is 33.3. The van der Waals surface area contributed by atoms with Crippen LogP contribution in [0.4, 0.5) is 0 Å². The minimum atomic E-state index is 0.389. The van der Waals surface area contributed by atoms with E-state index in [0.717, 1.165) is 6.42 Å². The SMILES string of the molecule is CC(C)C1=CC=C(C2=CC=CC3C4=C(CCC=C4)SC23)NC1C1C=CC=CC1. The van der Waals surface area contributed by atoms with Crippen molar-refractivity contribution in [3.63, 3.8) is 0 Å². The summed E-state index contributed by atoms with van der Waals surface area (Å²) in [6.45, 7) is 4.63. The molecule has 2 heterocycles. The number of hydrogen-bond acceptors (Lipinski definition) is 2. The maximum atomic E-state index is 3.97. The molecule has 1 N–H and O–H groups in total. The summed E-state index contributed by atoms with van der Waals surface area (Å²) in [7, 11) is 0. The highest BCUT2D eigenvalue weighted by Gasteiger charge is 2.39. The van der Waals surface area contributed by atoms with E-state index < -0.39 is 0 Å². The molecule has 0 aromatic rings. The molecule has 144 valence electrons. The van der Waals surface area contributed by atoms with Gasteiger partial charge in [-0.1, -0.05) is 74.6 Å². The molecule has 0 bridgehead atoms. The van der Waals surface area contributed by atoms with Gasteiger partial charge in [0.2, 0.25) is 0 Å². The number of rotatable bonds is 3. The van der Waals surface area contributed by atoms with Gasteiger partial charge < -0.3 is 5.32 Å². The maximum Gasteiger partial charge on any atom is 0.0545 e. The van der Waals surface area contributed by atoms with E-state index in [9.17, 15) is 0 Å². The van der Waals surface area contributed by atoms with Crippen LogP contribution in [0.3, 0.4) is 0 Å². The Morgan fingerprint density at radius 3 is 2.79 bits per heavy atom. The van der Waals surface area contributed by atoms with Gasteiger partial charge in [0.25, 0.3) is 0 Å². The van der Waals surface area contributed by atoms with Crippen molar-refractivity contribution in [1.29, 1.82) is 0 Å². The summed E-state index contributed by atoms with van der Waals surface area (Å²) >= 11 is 2.11. The third kappa shape index (κ3) is 3.12. The lowest BCUT2D eigenvalue weighted by atomic mass is 9.79. The van der Waals surface area contributed by atoms with Crippen molar-refractivity contribution in [3.8, 4) is 0 Å². The summed E-state index contributed by atoms with van der Waals surface area (Å²) in [5.74, 6) is 1.62. The van der Waals surface area contributed by atoms with Gasteiger partial charge in [-0.3, -0.25) is 0 Å². The van der Waals surface area contributed by atoms with Crippen LogP contribution in [0, 0.1) is 17.8 Å². The summed E-state index contributed by atoms with van der Waals surface area (Å²) in [5, 5.41) is 4.50. The highest BCUT2D eigenvalue weighted by Crippen LogP contribution is 2.52. The first-order valence-corrected chi connectivity index (χ1v) is 11.6. The molecule has 2 aliphatic heterocycles. The van der Waals surface area contributed by atoms with Crippen LogP contribution >= 0.6 is 11.8 Å². The molecule has 0 aromatic heterocycles. The van der Waals surface area contributed by atoms with Crippen molar-refractivity contribution in [2.45, 2.75) is 44.4 Å². The van der Waals surface area contributed by atoms with Crippen molar-refractivity contribution in [1.82, 2.24) is 5.32 Å². The molecule has 0 radical (unpaired) electrons. The van der Waals surface area contributed by atoms with Crippen LogP contribution in [0.1, 0.15) is 33.1 Å². The molecule has 0 aromatic carbocycles. The molecule has 0 spiro atoms. The van der Waals surface area contributed by atoms with Crippen LogP contribution in [0.25, 0.3) is 0 Å². The van der Waals surface area contributed by atoms with E-state index in [0.29, 0.717) is 29.0 Å². The van der Waals surface area contributed by atoms with E-state index in [4.69, 9.17) is 0 Å². The Balaban J connectivity index is 1.44. The van der Waals surface area contributed by atoms with Gasteiger partial charge in [0.05, 0.1) is 6.04 Å². The van der Waals surface area contributed by atoms with Crippen molar-refractivity contribution < 1.29 is 0 Å². The molecule has 5 aliphatic rings. The number of thioether (sulfide) groups is 1. The van der Waals surface area contributed by atoms with Gasteiger partial charge in [0.15, 0.2) is 0 Å². The molecule has 0 saturated heterocycles. The molecule has 0 amide bonds. The fraction of sp³-hybridized carbons (Fsp3) is 0.385. The van der Waals surface area contributed by atoms with E-state index in [-0.39, 0.29) is 0 Å². The molecule has 28 heavy (non-hydrogen) atoms. The smallest absolute Gasteiger partial charge is 0.0545 e. The minimum absolute atomic E-state index is 0.389. The fourth-order valence-electron chi connectivity index (χ4n) is 5.07. The molecule has 0 fully saturated rings. The van der Waals surface area contributed by atoms with Crippen LogP contribution in [0.2, 0.25) is 0 Å². The van der Waals surface area contributed by atoms with E-state index in [1.807, 2.05) is 0 Å². The lowest BCUT2D eigenvalue weighted by Gasteiger charge is -2.37. The number of fused-ring (bicyclic) bond motifs is 2. The zero-order chi connectivity index (χ0) is 19.1. The molecule has 4 atom stereocenters. The van der Waals surface area contributed by atoms with Crippen LogP contribution in [0.15, 0.2) is 94.2 Å². The zero-order valence-corrected chi connectivity index (χ0v) is 17.6. The molecular formula is C26H29NS. The monoisotopic (exact) mass is 387 g/mol. The second kappa shape index (κ2) is 7.48. The molecule has 4 unspecified atom stereocenters. The summed E-state index contributed by atoms with van der Waals surface area (Å²) in [5.41, 5.74) is 5.89. The standard InChI is InChI=1S/C26H29NS/c1-17(2)19-15-16-23(27-25(19)18-9-4-3-5-10-18)22-13-8-12-21-20-11-6-7-14-24(20)28-26(21)22/h3-6,8-9,11-13,15-18,21,25-27H,7,10,14H2,1-2H3. The maximum absolute atomic E-state index is 3.97. The third-order valence-electron chi connectivity index (χ3n) is 6.54. The molecule has 1 nitrogen and oxygen atoms in total. The lowest BCUT2D eigenvalue weighted by molar-refractivity contribution is 0.453. The number of dihydropyridines is 1. The molecule has 5 rings (SSSR count). The second-order valence-electron chi connectivity index (χ2n) is 8.63. The highest BCUT2D eigenvalue weighted by atomic mass is 32.2. The largest absolute Gasteiger partial charge is 0.378 e. The minimum Gasteiger partial charge on any atom is -0.378 e. The Hall–Kier alpha value is -1.93. The highest BCUT2D eigenvalue weighted by molar-refractivity contribution is 8.04. The Morgan fingerprint density at radius 1 is 1.04 bits per heavy atom. The van der Waals surface area contributed by atoms with Crippen molar-refractivity contribution in [2.75, 3.05) is 0 Å². The Morgan fingerprint density at radius 2 is 1.96 bits per heavy atom. The first kappa shape index (κ1) is 18.1. The summed E-state index contributed by atoms with van der Waals surface area (Å²) in [6.07, 6.45) is 29.1.